The van der Waals surface area contributed by atoms with Crippen molar-refractivity contribution in [3.05, 3.63) is 38.4 Å². The van der Waals surface area contributed by atoms with E-state index in [4.69, 9.17) is 4.74 Å². The van der Waals surface area contributed by atoms with Gasteiger partial charge in [0, 0.05) is 19.2 Å². The van der Waals surface area contributed by atoms with E-state index in [1.807, 2.05) is 6.92 Å². The van der Waals surface area contributed by atoms with Crippen molar-refractivity contribution in [3.8, 4) is 0 Å². The van der Waals surface area contributed by atoms with Gasteiger partial charge in [0.15, 0.2) is 0 Å². The highest BCUT2D eigenvalue weighted by atomic mass is 16.6. The van der Waals surface area contributed by atoms with E-state index >= 15 is 0 Å². The summed E-state index contributed by atoms with van der Waals surface area (Å²) in [5, 5.41) is 24.7. The van der Waals surface area contributed by atoms with Gasteiger partial charge in [-0.1, -0.05) is 13.3 Å². The number of nitro benzene ring substituents is 2. The van der Waals surface area contributed by atoms with Crippen molar-refractivity contribution in [1.82, 2.24) is 0 Å². The van der Waals surface area contributed by atoms with Crippen molar-refractivity contribution in [3.63, 3.8) is 0 Å². The van der Waals surface area contributed by atoms with Crippen LogP contribution in [0.5, 0.6) is 0 Å². The molecule has 1 atom stereocenters. The summed E-state index contributed by atoms with van der Waals surface area (Å²) in [5.41, 5.74) is -0.353. The molecule has 0 bridgehead atoms. The van der Waals surface area contributed by atoms with Crippen molar-refractivity contribution in [2.24, 2.45) is 0 Å². The molecule has 1 N–H and O–H groups in total. The number of nitrogens with one attached hydrogen (secondary N) is 1. The summed E-state index contributed by atoms with van der Waals surface area (Å²) in [6.45, 7) is 2.40. The maximum Gasteiger partial charge on any atom is 0.299 e. The zero-order valence-electron chi connectivity index (χ0n) is 11.4. The van der Waals surface area contributed by atoms with Gasteiger partial charge in [0.25, 0.3) is 11.4 Å². The highest BCUT2D eigenvalue weighted by Crippen LogP contribution is 2.29. The lowest BCUT2D eigenvalue weighted by atomic mass is 10.1. The first kappa shape index (κ1) is 15.8. The second-order valence-corrected chi connectivity index (χ2v) is 4.30. The van der Waals surface area contributed by atoms with Crippen LogP contribution in [0.1, 0.15) is 19.8 Å². The number of hydrogen-bond donors (Lipinski definition) is 1. The highest BCUT2D eigenvalue weighted by molar-refractivity contribution is 5.65. The lowest BCUT2D eigenvalue weighted by molar-refractivity contribution is -0.393. The van der Waals surface area contributed by atoms with Gasteiger partial charge >= 0.3 is 0 Å². The predicted molar refractivity (Wildman–Crippen MR) is 73.9 cm³/mol. The number of benzene rings is 1. The van der Waals surface area contributed by atoms with Crippen LogP contribution in [0, 0.1) is 20.2 Å². The van der Waals surface area contributed by atoms with Crippen molar-refractivity contribution in [1.29, 1.82) is 0 Å². The molecule has 1 aromatic rings. The SMILES string of the molecule is CCCC(COC)Nc1ccc([N+](=O)[O-])cc1[N+](=O)[O-]. The van der Waals surface area contributed by atoms with Gasteiger partial charge < -0.3 is 10.1 Å². The smallest absolute Gasteiger partial charge is 0.299 e. The van der Waals surface area contributed by atoms with Crippen molar-refractivity contribution in [2.45, 2.75) is 25.8 Å². The maximum atomic E-state index is 11.0. The molecule has 1 rings (SSSR count). The van der Waals surface area contributed by atoms with E-state index in [1.54, 1.807) is 7.11 Å². The number of anilines is 1. The molecular formula is C12H17N3O5. The van der Waals surface area contributed by atoms with Crippen molar-refractivity contribution in [2.75, 3.05) is 19.0 Å². The molecule has 8 nitrogen and oxygen atoms in total. The molecule has 0 aliphatic heterocycles. The summed E-state index contributed by atoms with van der Waals surface area (Å²) in [5.74, 6) is 0. The Morgan fingerprint density at radius 1 is 1.30 bits per heavy atom. The van der Waals surface area contributed by atoms with Gasteiger partial charge in [0.2, 0.25) is 0 Å². The Morgan fingerprint density at radius 3 is 2.50 bits per heavy atom. The van der Waals surface area contributed by atoms with E-state index in [-0.39, 0.29) is 23.1 Å². The standard InChI is InChI=1S/C12H17N3O5/c1-3-4-9(8-20-2)13-11-6-5-10(14(16)17)7-12(11)15(18)19/h5-7,9,13H,3-4,8H2,1-2H3. The molecule has 0 saturated heterocycles. The van der Waals surface area contributed by atoms with Gasteiger partial charge in [0.1, 0.15) is 5.69 Å². The minimum absolute atomic E-state index is 0.0786. The number of nitrogens with zero attached hydrogens (tertiary/aromatic N) is 2. The second kappa shape index (κ2) is 7.39. The normalized spacial score (nSPS) is 11.9. The molecule has 1 unspecified atom stereocenters. The quantitative estimate of drug-likeness (QED) is 0.580. The Hall–Kier alpha value is -2.22. The summed E-state index contributed by atoms with van der Waals surface area (Å²) in [4.78, 5) is 20.4. The highest BCUT2D eigenvalue weighted by Gasteiger charge is 2.21. The summed E-state index contributed by atoms with van der Waals surface area (Å²) in [6, 6.07) is 3.47. The molecule has 1 aromatic carbocycles. The average molecular weight is 283 g/mol. The molecule has 0 aromatic heterocycles. The number of methoxy groups -OCH3 is 1. The molecule has 0 fully saturated rings. The Morgan fingerprint density at radius 2 is 2.00 bits per heavy atom. The Balaban J connectivity index is 3.03. The Kier molecular flexibility index (Phi) is 5.85. The minimum Gasteiger partial charge on any atom is -0.383 e. The van der Waals surface area contributed by atoms with Crippen LogP contribution in [0.2, 0.25) is 0 Å². The lowest BCUT2D eigenvalue weighted by Gasteiger charge is -2.18. The summed E-state index contributed by atoms with van der Waals surface area (Å²) >= 11 is 0. The van der Waals surface area contributed by atoms with Crippen molar-refractivity contribution < 1.29 is 14.6 Å². The zero-order valence-corrected chi connectivity index (χ0v) is 11.4. The number of hydrogen-bond acceptors (Lipinski definition) is 6. The molecule has 0 amide bonds. The van der Waals surface area contributed by atoms with Crippen LogP contribution in [0.4, 0.5) is 17.1 Å². The average Bonchev–Trinajstić information content (AvgIpc) is 2.39. The largest absolute Gasteiger partial charge is 0.383 e. The van der Waals surface area contributed by atoms with E-state index in [1.165, 1.54) is 12.1 Å². The Bertz CT molecular complexity index is 486. The summed E-state index contributed by atoms with van der Waals surface area (Å²) < 4.78 is 5.05. The fourth-order valence-electron chi connectivity index (χ4n) is 1.87. The molecule has 0 radical (unpaired) electrons. The minimum atomic E-state index is -0.657. The lowest BCUT2D eigenvalue weighted by Crippen LogP contribution is -2.25. The van der Waals surface area contributed by atoms with E-state index < -0.39 is 9.85 Å². The van der Waals surface area contributed by atoms with Crippen LogP contribution in [0.15, 0.2) is 18.2 Å². The van der Waals surface area contributed by atoms with Crippen LogP contribution >= 0.6 is 0 Å². The molecule has 0 aliphatic carbocycles. The number of nitro groups is 2. The molecule has 0 spiro atoms. The van der Waals surface area contributed by atoms with Gasteiger partial charge in [-0.3, -0.25) is 20.2 Å². The molecule has 8 heteroatoms. The number of non-ortho nitro benzene ring substituents is 1. The first-order valence-corrected chi connectivity index (χ1v) is 6.17. The molecule has 110 valence electrons. The van der Waals surface area contributed by atoms with E-state index in [0.29, 0.717) is 6.61 Å². The first-order valence-electron chi connectivity index (χ1n) is 6.17. The van der Waals surface area contributed by atoms with Gasteiger partial charge in [0.05, 0.1) is 22.5 Å². The summed E-state index contributed by atoms with van der Waals surface area (Å²) in [7, 11) is 1.55. The van der Waals surface area contributed by atoms with Gasteiger partial charge in [-0.05, 0) is 12.5 Å². The Labute approximate surface area is 116 Å². The first-order chi connectivity index (χ1) is 9.49. The van der Waals surface area contributed by atoms with Crippen LogP contribution < -0.4 is 5.32 Å². The van der Waals surface area contributed by atoms with Crippen LogP contribution in [-0.4, -0.2) is 29.6 Å². The molecule has 20 heavy (non-hydrogen) atoms. The maximum absolute atomic E-state index is 11.0. The van der Waals surface area contributed by atoms with Crippen LogP contribution in [0.3, 0.4) is 0 Å². The molecule has 0 aliphatic rings. The number of ether oxygens (including phenoxy) is 1. The third-order valence-electron chi connectivity index (χ3n) is 2.75. The second-order valence-electron chi connectivity index (χ2n) is 4.30. The molecule has 0 heterocycles. The summed E-state index contributed by atoms with van der Waals surface area (Å²) in [6.07, 6.45) is 1.67. The zero-order chi connectivity index (χ0) is 15.1. The van der Waals surface area contributed by atoms with Gasteiger partial charge in [-0.15, -0.1) is 0 Å². The fourth-order valence-corrected chi connectivity index (χ4v) is 1.87. The van der Waals surface area contributed by atoms with Crippen LogP contribution in [0.25, 0.3) is 0 Å². The van der Waals surface area contributed by atoms with Gasteiger partial charge in [-0.25, -0.2) is 0 Å². The van der Waals surface area contributed by atoms with E-state index in [9.17, 15) is 20.2 Å². The predicted octanol–water partition coefficient (Wildman–Crippen LogP) is 2.73. The molecular weight excluding hydrogens is 266 g/mol. The fraction of sp³-hybridized carbons (Fsp3) is 0.500. The third-order valence-corrected chi connectivity index (χ3v) is 2.75. The third kappa shape index (κ3) is 4.16. The molecule has 0 saturated carbocycles. The van der Waals surface area contributed by atoms with E-state index in [0.717, 1.165) is 18.9 Å². The van der Waals surface area contributed by atoms with Gasteiger partial charge in [-0.2, -0.15) is 0 Å². The van der Waals surface area contributed by atoms with Crippen LogP contribution in [-0.2, 0) is 4.74 Å². The topological polar surface area (TPSA) is 108 Å². The van der Waals surface area contributed by atoms with E-state index in [2.05, 4.69) is 5.32 Å². The number of rotatable bonds is 8. The van der Waals surface area contributed by atoms with Crippen molar-refractivity contribution >= 4 is 17.1 Å². The monoisotopic (exact) mass is 283 g/mol.